The molecule has 6 nitrogen and oxygen atoms in total. The number of rotatable bonds is 7. The molecule has 0 radical (unpaired) electrons. The topological polar surface area (TPSA) is 84.9 Å². The zero-order valence-corrected chi connectivity index (χ0v) is 13.0. The van der Waals surface area contributed by atoms with E-state index in [0.29, 0.717) is 17.1 Å². The molecule has 0 amide bonds. The van der Waals surface area contributed by atoms with Crippen molar-refractivity contribution in [3.8, 4) is 11.5 Å². The van der Waals surface area contributed by atoms with Crippen molar-refractivity contribution < 1.29 is 23.0 Å². The zero-order chi connectivity index (χ0) is 14.5. The van der Waals surface area contributed by atoms with E-state index < -0.39 is 16.1 Å². The molecule has 1 atom stereocenters. The minimum atomic E-state index is -3.40. The van der Waals surface area contributed by atoms with Crippen molar-refractivity contribution >= 4 is 26.0 Å². The number of methoxy groups -OCH3 is 2. The smallest absolute Gasteiger partial charge is 0.221 e. The van der Waals surface area contributed by atoms with Gasteiger partial charge in [0.05, 0.1) is 20.3 Å². The van der Waals surface area contributed by atoms with Crippen LogP contribution in [0.5, 0.6) is 11.5 Å². The second-order valence-corrected chi connectivity index (χ2v) is 6.81. The maximum Gasteiger partial charge on any atom is 0.221 e. The van der Waals surface area contributed by atoms with E-state index in [2.05, 4.69) is 20.7 Å². The molecule has 0 aliphatic heterocycles. The van der Waals surface area contributed by atoms with Crippen molar-refractivity contribution in [2.75, 3.05) is 25.4 Å². The monoisotopic (exact) mass is 353 g/mol. The molecule has 0 aromatic heterocycles. The van der Waals surface area contributed by atoms with Crippen LogP contribution < -0.4 is 14.2 Å². The molecule has 0 heterocycles. The number of nitrogens with one attached hydrogen (secondary N) is 1. The van der Waals surface area contributed by atoms with Gasteiger partial charge in [-0.15, -0.1) is 0 Å². The Bertz CT molecular complexity index is 520. The summed E-state index contributed by atoms with van der Waals surface area (Å²) in [6.07, 6.45) is -0.964. The lowest BCUT2D eigenvalue weighted by molar-refractivity contribution is 0.181. The lowest BCUT2D eigenvalue weighted by atomic mass is 10.1. The van der Waals surface area contributed by atoms with Gasteiger partial charge >= 0.3 is 0 Å². The zero-order valence-electron chi connectivity index (χ0n) is 10.6. The van der Waals surface area contributed by atoms with Gasteiger partial charge in [0, 0.05) is 6.54 Å². The normalized spacial score (nSPS) is 13.1. The maximum absolute atomic E-state index is 11.2. The van der Waals surface area contributed by atoms with Crippen molar-refractivity contribution in [2.24, 2.45) is 0 Å². The summed E-state index contributed by atoms with van der Waals surface area (Å²) in [6.45, 7) is -0.108. The van der Waals surface area contributed by atoms with Gasteiger partial charge in [0.1, 0.15) is 4.66 Å². The van der Waals surface area contributed by atoms with Crippen LogP contribution in [-0.4, -0.2) is 39.0 Å². The van der Waals surface area contributed by atoms with Crippen LogP contribution in [0.3, 0.4) is 0 Å². The number of alkyl halides is 1. The molecule has 0 aliphatic carbocycles. The van der Waals surface area contributed by atoms with Gasteiger partial charge in [-0.1, -0.05) is 22.0 Å². The van der Waals surface area contributed by atoms with Crippen LogP contribution in [-0.2, 0) is 10.0 Å². The van der Waals surface area contributed by atoms with E-state index in [4.69, 9.17) is 9.47 Å². The Kier molecular flexibility index (Phi) is 6.05. The van der Waals surface area contributed by atoms with E-state index in [1.54, 1.807) is 18.2 Å². The highest BCUT2D eigenvalue weighted by molar-refractivity contribution is 9.10. The largest absolute Gasteiger partial charge is 0.493 e. The molecule has 2 N–H and O–H groups in total. The second kappa shape index (κ2) is 7.09. The Hall–Kier alpha value is -0.830. The molecule has 0 spiro atoms. The van der Waals surface area contributed by atoms with Crippen molar-refractivity contribution in [3.05, 3.63) is 23.8 Å². The number of ether oxygens (including phenoxy) is 2. The van der Waals surface area contributed by atoms with Gasteiger partial charge in [-0.2, -0.15) is 0 Å². The van der Waals surface area contributed by atoms with Crippen LogP contribution in [0.25, 0.3) is 0 Å². The number of hydrogen-bond acceptors (Lipinski definition) is 5. The van der Waals surface area contributed by atoms with Gasteiger partial charge in [0.25, 0.3) is 0 Å². The van der Waals surface area contributed by atoms with Crippen molar-refractivity contribution in [2.45, 2.75) is 6.10 Å². The predicted molar refractivity (Wildman–Crippen MR) is 75.2 cm³/mol. The highest BCUT2D eigenvalue weighted by Crippen LogP contribution is 2.29. The maximum atomic E-state index is 11.2. The molecule has 0 bridgehead atoms. The number of hydrogen-bond donors (Lipinski definition) is 2. The highest BCUT2D eigenvalue weighted by atomic mass is 79.9. The van der Waals surface area contributed by atoms with Crippen molar-refractivity contribution in [3.63, 3.8) is 0 Å². The Balaban J connectivity index is 2.80. The second-order valence-electron chi connectivity index (χ2n) is 3.70. The Labute approximate surface area is 120 Å². The summed E-state index contributed by atoms with van der Waals surface area (Å²) < 4.78 is 34.7. The predicted octanol–water partition coefficient (Wildman–Crippen LogP) is 1.01. The third-order valence-corrected chi connectivity index (χ3v) is 5.13. The summed E-state index contributed by atoms with van der Waals surface area (Å²) in [7, 11) is -0.401. The number of benzene rings is 1. The third-order valence-electron chi connectivity index (χ3n) is 2.43. The number of aliphatic hydroxyl groups excluding tert-OH is 1. The third kappa shape index (κ3) is 4.64. The lowest BCUT2D eigenvalue weighted by Gasteiger charge is -2.14. The Morgan fingerprint density at radius 2 is 1.95 bits per heavy atom. The number of sulfonamides is 1. The van der Waals surface area contributed by atoms with Gasteiger partial charge in [0.2, 0.25) is 10.0 Å². The fourth-order valence-electron chi connectivity index (χ4n) is 1.42. The number of aliphatic hydroxyl groups is 1. The van der Waals surface area contributed by atoms with Gasteiger partial charge < -0.3 is 14.6 Å². The minimum absolute atomic E-state index is 0.108. The molecule has 0 aliphatic rings. The fraction of sp³-hybridized carbons (Fsp3) is 0.455. The Morgan fingerprint density at radius 1 is 1.32 bits per heavy atom. The molecule has 0 saturated heterocycles. The first-order chi connectivity index (χ1) is 8.93. The first-order valence-corrected chi connectivity index (χ1v) is 8.14. The molecule has 1 aromatic rings. The molecular formula is C11H16BrNO5S. The molecule has 19 heavy (non-hydrogen) atoms. The summed E-state index contributed by atoms with van der Waals surface area (Å²) in [5.41, 5.74) is 0.537. The van der Waals surface area contributed by atoms with Crippen LogP contribution in [0.1, 0.15) is 11.7 Å². The average molecular weight is 354 g/mol. The van der Waals surface area contributed by atoms with Gasteiger partial charge in [-0.3, -0.25) is 0 Å². The molecule has 1 unspecified atom stereocenters. The molecule has 0 saturated carbocycles. The van der Waals surface area contributed by atoms with Crippen molar-refractivity contribution in [1.29, 1.82) is 0 Å². The van der Waals surface area contributed by atoms with Gasteiger partial charge in [-0.25, -0.2) is 13.1 Å². The van der Waals surface area contributed by atoms with Gasteiger partial charge in [0.15, 0.2) is 11.5 Å². The van der Waals surface area contributed by atoms with E-state index in [-0.39, 0.29) is 11.2 Å². The highest BCUT2D eigenvalue weighted by Gasteiger charge is 2.15. The lowest BCUT2D eigenvalue weighted by Crippen LogP contribution is -2.29. The van der Waals surface area contributed by atoms with E-state index in [1.165, 1.54) is 14.2 Å². The van der Waals surface area contributed by atoms with Crippen LogP contribution in [0.15, 0.2) is 18.2 Å². The minimum Gasteiger partial charge on any atom is -0.493 e. The van der Waals surface area contributed by atoms with Crippen LogP contribution in [0, 0.1) is 0 Å². The first kappa shape index (κ1) is 16.2. The van der Waals surface area contributed by atoms with E-state index >= 15 is 0 Å². The van der Waals surface area contributed by atoms with E-state index in [9.17, 15) is 13.5 Å². The average Bonchev–Trinajstić information content (AvgIpc) is 2.44. The van der Waals surface area contributed by atoms with E-state index in [0.717, 1.165) is 0 Å². The van der Waals surface area contributed by atoms with Gasteiger partial charge in [-0.05, 0) is 17.7 Å². The van der Waals surface area contributed by atoms with Crippen LogP contribution in [0.2, 0.25) is 0 Å². The molecule has 1 aromatic carbocycles. The number of halogens is 1. The summed E-state index contributed by atoms with van der Waals surface area (Å²) in [5.74, 6) is 1.02. The van der Waals surface area contributed by atoms with Crippen molar-refractivity contribution in [1.82, 2.24) is 4.72 Å². The molecule has 108 valence electrons. The summed E-state index contributed by atoms with van der Waals surface area (Å²) >= 11 is 2.85. The quantitative estimate of drug-likeness (QED) is 0.714. The first-order valence-electron chi connectivity index (χ1n) is 5.36. The molecule has 1 rings (SSSR count). The standard InChI is InChI=1S/C11H16BrNO5S/c1-17-10-4-3-8(5-11(10)18-2)9(14)6-13-19(15,16)7-12/h3-5,9,13-14H,6-7H2,1-2H3. The Morgan fingerprint density at radius 3 is 2.47 bits per heavy atom. The fourth-order valence-corrected chi connectivity index (χ4v) is 2.40. The summed E-state index contributed by atoms with van der Waals surface area (Å²) in [5, 5.41) is 9.92. The van der Waals surface area contributed by atoms with Crippen LogP contribution in [0.4, 0.5) is 0 Å². The van der Waals surface area contributed by atoms with E-state index in [1.807, 2.05) is 0 Å². The SMILES string of the molecule is COc1ccc(C(O)CNS(=O)(=O)CBr)cc1OC. The molecule has 8 heteroatoms. The summed E-state index contributed by atoms with van der Waals surface area (Å²) in [6, 6.07) is 4.90. The summed E-state index contributed by atoms with van der Waals surface area (Å²) in [4.78, 5) is 0. The molecular weight excluding hydrogens is 338 g/mol. The van der Waals surface area contributed by atoms with Crippen LogP contribution >= 0.6 is 15.9 Å². The molecule has 0 fully saturated rings.